The molecule has 1 heterocycles. The topological polar surface area (TPSA) is 32.7 Å². The minimum atomic E-state index is -0.429. The molecular weight excluding hydrogens is 226 g/mol. The molecule has 0 saturated carbocycles. The Morgan fingerprint density at radius 3 is 2.44 bits per heavy atom. The molecule has 18 heavy (non-hydrogen) atoms. The van der Waals surface area contributed by atoms with Crippen LogP contribution in [0.25, 0.3) is 0 Å². The zero-order chi connectivity index (χ0) is 13.0. The monoisotopic (exact) mass is 249 g/mol. The second-order valence-electron chi connectivity index (χ2n) is 5.69. The number of hydrogen-bond donors (Lipinski definition) is 1. The maximum absolute atomic E-state index is 10.5. The van der Waals surface area contributed by atoms with Gasteiger partial charge >= 0.3 is 0 Å². The van der Waals surface area contributed by atoms with Crippen LogP contribution in [0.2, 0.25) is 0 Å². The Labute approximate surface area is 109 Å². The largest absolute Gasteiger partial charge is 0.388 e. The first kappa shape index (κ1) is 13.5. The average Bonchev–Trinajstić information content (AvgIpc) is 2.39. The number of aliphatic hydroxyl groups excluding tert-OH is 1. The van der Waals surface area contributed by atoms with E-state index in [2.05, 4.69) is 18.7 Å². The highest BCUT2D eigenvalue weighted by molar-refractivity contribution is 5.19. The molecule has 0 bridgehead atoms. The standard InChI is InChI=1S/C15H23NO2/c1-15(2,12-16-8-10-18-11-9-16)14(17)13-6-4-3-5-7-13/h3-7,14,17H,8-12H2,1-2H3. The van der Waals surface area contributed by atoms with Crippen molar-refractivity contribution in [3.8, 4) is 0 Å². The minimum absolute atomic E-state index is 0.154. The van der Waals surface area contributed by atoms with E-state index in [-0.39, 0.29) is 5.41 Å². The maximum atomic E-state index is 10.5. The third-order valence-electron chi connectivity index (χ3n) is 3.59. The Morgan fingerprint density at radius 2 is 1.83 bits per heavy atom. The molecule has 1 unspecified atom stereocenters. The highest BCUT2D eigenvalue weighted by Crippen LogP contribution is 2.34. The Kier molecular flexibility index (Phi) is 4.38. The summed E-state index contributed by atoms with van der Waals surface area (Å²) in [6, 6.07) is 9.91. The molecule has 0 aromatic heterocycles. The highest BCUT2D eigenvalue weighted by Gasteiger charge is 2.31. The summed E-state index contributed by atoms with van der Waals surface area (Å²) in [6.45, 7) is 8.68. The lowest BCUT2D eigenvalue weighted by molar-refractivity contribution is -0.0177. The van der Waals surface area contributed by atoms with Crippen LogP contribution in [0.1, 0.15) is 25.5 Å². The molecule has 1 aliphatic rings. The number of aliphatic hydroxyl groups is 1. The van der Waals surface area contributed by atoms with Gasteiger partial charge in [-0.2, -0.15) is 0 Å². The minimum Gasteiger partial charge on any atom is -0.388 e. The lowest BCUT2D eigenvalue weighted by atomic mass is 9.82. The van der Waals surface area contributed by atoms with Gasteiger partial charge in [-0.15, -0.1) is 0 Å². The summed E-state index contributed by atoms with van der Waals surface area (Å²) in [4.78, 5) is 2.37. The Morgan fingerprint density at radius 1 is 1.22 bits per heavy atom. The quantitative estimate of drug-likeness (QED) is 0.887. The van der Waals surface area contributed by atoms with E-state index in [0.29, 0.717) is 0 Å². The second kappa shape index (κ2) is 5.83. The molecule has 2 rings (SSSR count). The number of benzene rings is 1. The molecule has 1 aliphatic heterocycles. The summed E-state index contributed by atoms with van der Waals surface area (Å²) >= 11 is 0. The number of nitrogens with zero attached hydrogens (tertiary/aromatic N) is 1. The third-order valence-corrected chi connectivity index (χ3v) is 3.59. The van der Waals surface area contributed by atoms with Gasteiger partial charge in [0.2, 0.25) is 0 Å². The van der Waals surface area contributed by atoms with Crippen LogP contribution in [0.4, 0.5) is 0 Å². The molecule has 3 heteroatoms. The van der Waals surface area contributed by atoms with Gasteiger partial charge in [-0.05, 0) is 5.56 Å². The van der Waals surface area contributed by atoms with Crippen LogP contribution in [0, 0.1) is 5.41 Å². The first-order chi connectivity index (χ1) is 8.59. The molecular formula is C15H23NO2. The number of rotatable bonds is 4. The van der Waals surface area contributed by atoms with E-state index in [1.165, 1.54) is 0 Å². The smallest absolute Gasteiger partial charge is 0.0853 e. The van der Waals surface area contributed by atoms with Crippen LogP contribution in [0.5, 0.6) is 0 Å². The lowest BCUT2D eigenvalue weighted by Gasteiger charge is -2.37. The molecule has 1 saturated heterocycles. The zero-order valence-corrected chi connectivity index (χ0v) is 11.3. The van der Waals surface area contributed by atoms with E-state index >= 15 is 0 Å². The summed E-state index contributed by atoms with van der Waals surface area (Å²) in [6.07, 6.45) is -0.429. The van der Waals surface area contributed by atoms with Crippen molar-refractivity contribution < 1.29 is 9.84 Å². The molecule has 100 valence electrons. The third kappa shape index (κ3) is 3.31. The highest BCUT2D eigenvalue weighted by atomic mass is 16.5. The molecule has 1 fully saturated rings. The Bertz CT molecular complexity index is 358. The number of morpholine rings is 1. The van der Waals surface area contributed by atoms with Gasteiger partial charge in [-0.25, -0.2) is 0 Å². The van der Waals surface area contributed by atoms with Gasteiger partial charge in [-0.3, -0.25) is 4.90 Å². The van der Waals surface area contributed by atoms with E-state index in [0.717, 1.165) is 38.4 Å². The van der Waals surface area contributed by atoms with Crippen molar-refractivity contribution in [2.45, 2.75) is 20.0 Å². The van der Waals surface area contributed by atoms with Crippen LogP contribution in [0.15, 0.2) is 30.3 Å². The summed E-state index contributed by atoms with van der Waals surface area (Å²) < 4.78 is 5.36. The van der Waals surface area contributed by atoms with Crippen molar-refractivity contribution in [2.24, 2.45) is 5.41 Å². The van der Waals surface area contributed by atoms with Crippen molar-refractivity contribution >= 4 is 0 Å². The predicted octanol–water partition coefficient (Wildman–Crippen LogP) is 2.08. The predicted molar refractivity (Wildman–Crippen MR) is 72.4 cm³/mol. The lowest BCUT2D eigenvalue weighted by Crippen LogP contribution is -2.43. The zero-order valence-electron chi connectivity index (χ0n) is 11.3. The molecule has 0 radical (unpaired) electrons. The maximum Gasteiger partial charge on any atom is 0.0853 e. The Hall–Kier alpha value is -0.900. The first-order valence-corrected chi connectivity index (χ1v) is 6.63. The van der Waals surface area contributed by atoms with Crippen molar-refractivity contribution in [3.05, 3.63) is 35.9 Å². The molecule has 1 N–H and O–H groups in total. The molecule has 1 atom stereocenters. The van der Waals surface area contributed by atoms with Gasteiger partial charge in [0.15, 0.2) is 0 Å². The fraction of sp³-hybridized carbons (Fsp3) is 0.600. The van der Waals surface area contributed by atoms with E-state index in [4.69, 9.17) is 4.74 Å². The van der Waals surface area contributed by atoms with Crippen molar-refractivity contribution in [1.82, 2.24) is 4.90 Å². The molecule has 1 aromatic carbocycles. The number of hydrogen-bond acceptors (Lipinski definition) is 3. The van der Waals surface area contributed by atoms with E-state index in [1.54, 1.807) is 0 Å². The fourth-order valence-electron chi connectivity index (χ4n) is 2.51. The number of ether oxygens (including phenoxy) is 1. The average molecular weight is 249 g/mol. The van der Waals surface area contributed by atoms with Crippen molar-refractivity contribution in [3.63, 3.8) is 0 Å². The summed E-state index contributed by atoms with van der Waals surface area (Å²) in [5, 5.41) is 10.5. The van der Waals surface area contributed by atoms with Crippen LogP contribution < -0.4 is 0 Å². The molecule has 0 amide bonds. The van der Waals surface area contributed by atoms with Crippen molar-refractivity contribution in [2.75, 3.05) is 32.8 Å². The van der Waals surface area contributed by atoms with Gasteiger partial charge in [0, 0.05) is 25.0 Å². The summed E-state index contributed by atoms with van der Waals surface area (Å²) in [7, 11) is 0. The van der Waals surface area contributed by atoms with Gasteiger partial charge in [0.05, 0.1) is 19.3 Å². The van der Waals surface area contributed by atoms with Crippen molar-refractivity contribution in [1.29, 1.82) is 0 Å². The summed E-state index contributed by atoms with van der Waals surface area (Å²) in [5.41, 5.74) is 0.842. The van der Waals surface area contributed by atoms with Gasteiger partial charge < -0.3 is 9.84 Å². The van der Waals surface area contributed by atoms with E-state index in [9.17, 15) is 5.11 Å². The molecule has 3 nitrogen and oxygen atoms in total. The van der Waals surface area contributed by atoms with Crippen LogP contribution in [0.3, 0.4) is 0 Å². The fourth-order valence-corrected chi connectivity index (χ4v) is 2.51. The van der Waals surface area contributed by atoms with Crippen LogP contribution >= 0.6 is 0 Å². The van der Waals surface area contributed by atoms with Gasteiger partial charge in [0.25, 0.3) is 0 Å². The normalized spacial score (nSPS) is 19.7. The van der Waals surface area contributed by atoms with Gasteiger partial charge in [0.1, 0.15) is 0 Å². The second-order valence-corrected chi connectivity index (χ2v) is 5.69. The molecule has 0 aliphatic carbocycles. The Balaban J connectivity index is 2.00. The van der Waals surface area contributed by atoms with Crippen LogP contribution in [-0.2, 0) is 4.74 Å². The van der Waals surface area contributed by atoms with Gasteiger partial charge in [-0.1, -0.05) is 44.2 Å². The molecule has 1 aromatic rings. The SMILES string of the molecule is CC(C)(CN1CCOCC1)C(O)c1ccccc1. The summed E-state index contributed by atoms with van der Waals surface area (Å²) in [5.74, 6) is 0. The van der Waals surface area contributed by atoms with E-state index < -0.39 is 6.10 Å². The first-order valence-electron chi connectivity index (χ1n) is 6.63. The van der Waals surface area contributed by atoms with E-state index in [1.807, 2.05) is 30.3 Å². The molecule has 0 spiro atoms. The van der Waals surface area contributed by atoms with Crippen LogP contribution in [-0.4, -0.2) is 42.9 Å².